The number of aromatic nitrogens is 2. The van der Waals surface area contributed by atoms with E-state index in [9.17, 15) is 4.79 Å². The Bertz CT molecular complexity index is 414. The number of ketones is 1. The molecule has 0 amide bonds. The normalized spacial score (nSPS) is 23.6. The van der Waals surface area contributed by atoms with Crippen molar-refractivity contribution in [1.82, 2.24) is 15.3 Å². The van der Waals surface area contributed by atoms with Crippen LogP contribution in [0.4, 0.5) is 0 Å². The molecule has 0 aromatic carbocycles. The van der Waals surface area contributed by atoms with Crippen molar-refractivity contribution in [3.8, 4) is 5.88 Å². The van der Waals surface area contributed by atoms with Gasteiger partial charge in [-0.05, 0) is 19.4 Å². The summed E-state index contributed by atoms with van der Waals surface area (Å²) < 4.78 is 5.10. The molecule has 0 saturated carbocycles. The molecule has 92 valence electrons. The zero-order valence-corrected chi connectivity index (χ0v) is 10.2. The van der Waals surface area contributed by atoms with Gasteiger partial charge in [0.25, 0.3) is 0 Å². The molecule has 1 aliphatic heterocycles. The van der Waals surface area contributed by atoms with Crippen molar-refractivity contribution in [2.45, 2.75) is 19.8 Å². The minimum atomic E-state index is -0.344. The van der Waals surface area contributed by atoms with Gasteiger partial charge in [-0.1, -0.05) is 6.92 Å². The summed E-state index contributed by atoms with van der Waals surface area (Å²) in [6.45, 7) is 3.62. The van der Waals surface area contributed by atoms with Gasteiger partial charge in [-0.2, -0.15) is 0 Å². The van der Waals surface area contributed by atoms with E-state index in [1.54, 1.807) is 0 Å². The molecule has 1 saturated heterocycles. The van der Waals surface area contributed by atoms with Crippen LogP contribution in [0.15, 0.2) is 12.4 Å². The number of hydrogen-bond acceptors (Lipinski definition) is 5. The zero-order valence-electron chi connectivity index (χ0n) is 10.2. The van der Waals surface area contributed by atoms with Crippen LogP contribution in [0.25, 0.3) is 0 Å². The second kappa shape index (κ2) is 4.79. The van der Waals surface area contributed by atoms with Gasteiger partial charge in [0.05, 0.1) is 7.11 Å². The molecule has 2 rings (SSSR count). The monoisotopic (exact) mass is 235 g/mol. The lowest BCUT2D eigenvalue weighted by molar-refractivity contribution is 0.0800. The number of nitrogens with one attached hydrogen (secondary N) is 1. The van der Waals surface area contributed by atoms with Crippen molar-refractivity contribution in [1.29, 1.82) is 0 Å². The maximum absolute atomic E-state index is 12.6. The predicted molar refractivity (Wildman–Crippen MR) is 63.1 cm³/mol. The number of Topliss-reactive ketones (excluding diaryl/α,β-unsaturated/α-hetero) is 1. The molecule has 2 heterocycles. The highest BCUT2D eigenvalue weighted by atomic mass is 16.5. The van der Waals surface area contributed by atoms with Crippen molar-refractivity contribution >= 4 is 5.78 Å². The summed E-state index contributed by atoms with van der Waals surface area (Å²) in [4.78, 5) is 20.7. The summed E-state index contributed by atoms with van der Waals surface area (Å²) in [5, 5.41) is 3.24. The van der Waals surface area contributed by atoms with Crippen molar-refractivity contribution in [3.63, 3.8) is 0 Å². The lowest BCUT2D eigenvalue weighted by atomic mass is 9.78. The molecule has 1 unspecified atom stereocenters. The van der Waals surface area contributed by atoms with Crippen molar-refractivity contribution in [2.24, 2.45) is 5.41 Å². The van der Waals surface area contributed by atoms with E-state index in [1.165, 1.54) is 19.5 Å². The number of nitrogens with zero attached hydrogens (tertiary/aromatic N) is 2. The summed E-state index contributed by atoms with van der Waals surface area (Å²) in [5.74, 6) is 0.354. The molecule has 0 bridgehead atoms. The first-order valence-corrected chi connectivity index (χ1v) is 5.84. The highest BCUT2D eigenvalue weighted by molar-refractivity contribution is 6.01. The smallest absolute Gasteiger partial charge is 0.243 e. The average molecular weight is 235 g/mol. The number of carbonyl (C=O) groups excluding carboxylic acids is 1. The molecule has 0 radical (unpaired) electrons. The molecule has 17 heavy (non-hydrogen) atoms. The first kappa shape index (κ1) is 12.0. The fraction of sp³-hybridized carbons (Fsp3) is 0.583. The first-order valence-electron chi connectivity index (χ1n) is 5.84. The SMILES string of the molecule is CCC1(C(=O)c2nccnc2OC)CCNC1. The number of methoxy groups -OCH3 is 1. The van der Waals surface area contributed by atoms with Crippen LogP contribution in [0.3, 0.4) is 0 Å². The molecule has 0 aliphatic carbocycles. The van der Waals surface area contributed by atoms with E-state index < -0.39 is 0 Å². The third kappa shape index (κ3) is 2.02. The largest absolute Gasteiger partial charge is 0.479 e. The van der Waals surface area contributed by atoms with Gasteiger partial charge < -0.3 is 10.1 Å². The molecule has 5 nitrogen and oxygen atoms in total. The number of ether oxygens (including phenoxy) is 1. The Balaban J connectivity index is 2.35. The van der Waals surface area contributed by atoms with Gasteiger partial charge in [0.15, 0.2) is 11.5 Å². The topological polar surface area (TPSA) is 64.1 Å². The third-order valence-electron chi connectivity index (χ3n) is 3.48. The summed E-state index contributed by atoms with van der Waals surface area (Å²) in [6.07, 6.45) is 4.71. The Morgan fingerprint density at radius 3 is 2.88 bits per heavy atom. The molecule has 1 aromatic heterocycles. The number of hydrogen-bond donors (Lipinski definition) is 1. The summed E-state index contributed by atoms with van der Waals surface area (Å²) in [6, 6.07) is 0. The quantitative estimate of drug-likeness (QED) is 0.790. The molecule has 1 N–H and O–H groups in total. The Labute approximate surface area is 101 Å². The highest BCUT2D eigenvalue weighted by Gasteiger charge is 2.41. The second-order valence-electron chi connectivity index (χ2n) is 4.30. The van der Waals surface area contributed by atoms with Gasteiger partial charge in [0, 0.05) is 24.4 Å². The standard InChI is InChI=1S/C12H17N3O2/c1-3-12(4-5-13-8-12)10(16)9-11(17-2)15-7-6-14-9/h6-7,13H,3-5,8H2,1-2H3. The fourth-order valence-electron chi connectivity index (χ4n) is 2.28. The molecule has 1 atom stereocenters. The summed E-state index contributed by atoms with van der Waals surface area (Å²) in [7, 11) is 1.51. The van der Waals surface area contributed by atoms with E-state index >= 15 is 0 Å². The molecule has 1 aliphatic rings. The van der Waals surface area contributed by atoms with Crippen LogP contribution in [0.5, 0.6) is 5.88 Å². The van der Waals surface area contributed by atoms with Gasteiger partial charge >= 0.3 is 0 Å². The van der Waals surface area contributed by atoms with Crippen LogP contribution in [-0.4, -0.2) is 36.0 Å². The molecule has 1 aromatic rings. The van der Waals surface area contributed by atoms with Gasteiger partial charge in [-0.3, -0.25) is 4.79 Å². The van der Waals surface area contributed by atoms with E-state index in [4.69, 9.17) is 4.74 Å². The number of rotatable bonds is 4. The second-order valence-corrected chi connectivity index (χ2v) is 4.30. The van der Waals surface area contributed by atoms with Crippen LogP contribution >= 0.6 is 0 Å². The zero-order chi connectivity index (χ0) is 12.3. The van der Waals surface area contributed by atoms with Crippen LogP contribution < -0.4 is 10.1 Å². The molecular weight excluding hydrogens is 218 g/mol. The van der Waals surface area contributed by atoms with E-state index in [-0.39, 0.29) is 11.2 Å². The van der Waals surface area contributed by atoms with Crippen LogP contribution in [0.2, 0.25) is 0 Å². The Morgan fingerprint density at radius 2 is 2.29 bits per heavy atom. The van der Waals surface area contributed by atoms with E-state index in [1.807, 2.05) is 6.92 Å². The minimum absolute atomic E-state index is 0.0370. The van der Waals surface area contributed by atoms with Crippen molar-refractivity contribution < 1.29 is 9.53 Å². The Kier molecular flexibility index (Phi) is 3.38. The van der Waals surface area contributed by atoms with Gasteiger partial charge in [0.1, 0.15) is 0 Å². The highest BCUT2D eigenvalue weighted by Crippen LogP contribution is 2.34. The molecular formula is C12H17N3O2. The van der Waals surface area contributed by atoms with Crippen LogP contribution in [0, 0.1) is 5.41 Å². The van der Waals surface area contributed by atoms with Crippen LogP contribution in [0.1, 0.15) is 30.3 Å². The van der Waals surface area contributed by atoms with Crippen molar-refractivity contribution in [3.05, 3.63) is 18.1 Å². The van der Waals surface area contributed by atoms with E-state index in [0.717, 1.165) is 19.4 Å². The molecule has 5 heteroatoms. The minimum Gasteiger partial charge on any atom is -0.479 e. The maximum atomic E-state index is 12.6. The third-order valence-corrected chi connectivity index (χ3v) is 3.48. The molecule has 0 spiro atoms. The fourth-order valence-corrected chi connectivity index (χ4v) is 2.28. The summed E-state index contributed by atoms with van der Waals surface area (Å²) >= 11 is 0. The van der Waals surface area contributed by atoms with Crippen LogP contribution in [-0.2, 0) is 0 Å². The lowest BCUT2D eigenvalue weighted by Crippen LogP contribution is -2.33. The Hall–Kier alpha value is -1.49. The molecule has 1 fully saturated rings. The average Bonchev–Trinajstić information content (AvgIpc) is 2.88. The Morgan fingerprint density at radius 1 is 1.53 bits per heavy atom. The van der Waals surface area contributed by atoms with Gasteiger partial charge in [-0.25, -0.2) is 9.97 Å². The van der Waals surface area contributed by atoms with E-state index in [2.05, 4.69) is 15.3 Å². The predicted octanol–water partition coefficient (Wildman–Crippen LogP) is 1.06. The summed E-state index contributed by atoms with van der Waals surface area (Å²) in [5.41, 5.74) is 0.00380. The van der Waals surface area contributed by atoms with E-state index in [0.29, 0.717) is 18.1 Å². The lowest BCUT2D eigenvalue weighted by Gasteiger charge is -2.24. The van der Waals surface area contributed by atoms with Gasteiger partial charge in [-0.15, -0.1) is 0 Å². The number of carbonyl (C=O) groups is 1. The maximum Gasteiger partial charge on any atom is 0.243 e. The van der Waals surface area contributed by atoms with Crippen molar-refractivity contribution in [2.75, 3.05) is 20.2 Å². The van der Waals surface area contributed by atoms with Gasteiger partial charge in [0.2, 0.25) is 5.88 Å². The first-order chi connectivity index (χ1) is 8.23.